The van der Waals surface area contributed by atoms with Crippen LogP contribution in [0.4, 0.5) is 4.79 Å². The van der Waals surface area contributed by atoms with E-state index in [0.29, 0.717) is 25.8 Å². The number of carbonyl (C=O) groups excluding carboxylic acids is 4. The lowest BCUT2D eigenvalue weighted by Crippen LogP contribution is -2.54. The first kappa shape index (κ1) is 34.4. The maximum absolute atomic E-state index is 13.7. The van der Waals surface area contributed by atoms with Crippen molar-refractivity contribution in [1.29, 1.82) is 0 Å². The molecule has 3 atom stereocenters. The third kappa shape index (κ3) is 9.29. The summed E-state index contributed by atoms with van der Waals surface area (Å²) < 4.78 is 11.0. The number of rotatable bonds is 15. The van der Waals surface area contributed by atoms with Crippen molar-refractivity contribution in [2.75, 3.05) is 13.2 Å². The van der Waals surface area contributed by atoms with Gasteiger partial charge in [-0.05, 0) is 48.8 Å². The molecule has 46 heavy (non-hydrogen) atoms. The van der Waals surface area contributed by atoms with Gasteiger partial charge >= 0.3 is 12.1 Å². The van der Waals surface area contributed by atoms with E-state index < -0.39 is 29.6 Å². The van der Waals surface area contributed by atoms with Gasteiger partial charge in [-0.2, -0.15) is 0 Å². The Bertz CT molecular complexity index is 1370. The fourth-order valence-corrected chi connectivity index (χ4v) is 6.17. The summed E-state index contributed by atoms with van der Waals surface area (Å²) in [6, 6.07) is 15.7. The Kier molecular flexibility index (Phi) is 12.5. The maximum atomic E-state index is 13.7. The van der Waals surface area contributed by atoms with Crippen molar-refractivity contribution >= 4 is 23.9 Å². The Morgan fingerprint density at radius 1 is 0.957 bits per heavy atom. The summed E-state index contributed by atoms with van der Waals surface area (Å²) in [4.78, 5) is 54.4. The van der Waals surface area contributed by atoms with Crippen LogP contribution in [0.1, 0.15) is 61.6 Å². The quantitative estimate of drug-likeness (QED) is 0.197. The molecule has 3 amide bonds. The molecule has 1 aliphatic carbocycles. The van der Waals surface area contributed by atoms with Crippen LogP contribution in [0.3, 0.4) is 0 Å². The predicted octanol–water partition coefficient (Wildman–Crippen LogP) is 4.36. The highest BCUT2D eigenvalue weighted by Crippen LogP contribution is 2.32. The molecule has 4 rings (SSSR count). The number of aliphatic hydroxyl groups is 1. The topological polar surface area (TPSA) is 134 Å². The second-order valence-corrected chi connectivity index (χ2v) is 12.1. The van der Waals surface area contributed by atoms with E-state index in [4.69, 9.17) is 9.47 Å². The number of amides is 3. The molecule has 1 saturated carbocycles. The zero-order valence-electron chi connectivity index (χ0n) is 26.3. The Hall–Kier alpha value is -4.44. The number of hydrogen-bond acceptors (Lipinski definition) is 7. The number of ether oxygens (including phenoxy) is 2. The standard InChI is InChI=1S/C36H45N3O7/c1-3-12-28(21-32(41)39-22-29-17-9-8-16-27(29)20-30(39)23-40)33(42)38-36(18-10-11-19-36)25-46-34(43)31(13-4-2)37-35(44)45-24-26-14-6-5-7-15-26/h3-9,14-17,28,30-31,40H,1-2,10-13,18-25H2,(H,37,44)(H,38,42)/t28-,30-,31+/m0/s1. The summed E-state index contributed by atoms with van der Waals surface area (Å²) in [5, 5.41) is 15.7. The van der Waals surface area contributed by atoms with Gasteiger partial charge in [0.1, 0.15) is 19.3 Å². The van der Waals surface area contributed by atoms with Crippen LogP contribution >= 0.6 is 0 Å². The molecule has 2 aromatic rings. The van der Waals surface area contributed by atoms with Gasteiger partial charge in [-0.25, -0.2) is 9.59 Å². The van der Waals surface area contributed by atoms with Gasteiger partial charge in [0.15, 0.2) is 0 Å². The number of alkyl carbamates (subject to hydrolysis) is 1. The van der Waals surface area contributed by atoms with Crippen molar-refractivity contribution < 1.29 is 33.8 Å². The maximum Gasteiger partial charge on any atom is 0.408 e. The molecule has 0 aromatic heterocycles. The first-order valence-corrected chi connectivity index (χ1v) is 15.9. The molecule has 1 heterocycles. The van der Waals surface area contributed by atoms with Crippen molar-refractivity contribution in [2.24, 2.45) is 5.92 Å². The van der Waals surface area contributed by atoms with E-state index in [1.165, 1.54) is 6.08 Å². The summed E-state index contributed by atoms with van der Waals surface area (Å²) in [6.07, 6.45) is 6.21. The Morgan fingerprint density at radius 3 is 2.30 bits per heavy atom. The number of nitrogens with one attached hydrogen (secondary N) is 2. The first-order valence-electron chi connectivity index (χ1n) is 15.9. The number of esters is 1. The minimum atomic E-state index is -1.00. The average molecular weight is 632 g/mol. The van der Waals surface area contributed by atoms with Crippen LogP contribution in [-0.4, -0.2) is 64.7 Å². The van der Waals surface area contributed by atoms with Gasteiger partial charge in [-0.1, -0.05) is 79.6 Å². The number of hydrogen-bond donors (Lipinski definition) is 3. The smallest absolute Gasteiger partial charge is 0.408 e. The number of aliphatic hydroxyl groups excluding tert-OH is 1. The van der Waals surface area contributed by atoms with E-state index in [0.717, 1.165) is 29.5 Å². The molecule has 246 valence electrons. The lowest BCUT2D eigenvalue weighted by atomic mass is 9.91. The Balaban J connectivity index is 1.35. The monoisotopic (exact) mass is 631 g/mol. The van der Waals surface area contributed by atoms with Gasteiger partial charge in [0.2, 0.25) is 11.8 Å². The lowest BCUT2D eigenvalue weighted by Gasteiger charge is -2.37. The van der Waals surface area contributed by atoms with Crippen LogP contribution in [0.15, 0.2) is 79.9 Å². The first-order chi connectivity index (χ1) is 22.3. The van der Waals surface area contributed by atoms with Gasteiger partial charge in [-0.3, -0.25) is 9.59 Å². The SMILES string of the molecule is C=CC[C@@H](CC(=O)N1Cc2ccccc2C[C@H]1CO)C(=O)NC1(COC(=O)[C@@H](CC=C)NC(=O)OCc2ccccc2)CCCC1. The molecule has 2 aromatic carbocycles. The van der Waals surface area contributed by atoms with Crippen LogP contribution in [0, 0.1) is 5.92 Å². The third-order valence-corrected chi connectivity index (χ3v) is 8.76. The normalized spacial score (nSPS) is 17.9. The fourth-order valence-electron chi connectivity index (χ4n) is 6.17. The summed E-state index contributed by atoms with van der Waals surface area (Å²) in [7, 11) is 0. The molecule has 1 fully saturated rings. The van der Waals surface area contributed by atoms with Gasteiger partial charge < -0.3 is 30.1 Å². The summed E-state index contributed by atoms with van der Waals surface area (Å²) >= 11 is 0. The largest absolute Gasteiger partial charge is 0.462 e. The molecule has 3 N–H and O–H groups in total. The van der Waals surface area contributed by atoms with Crippen LogP contribution in [0.2, 0.25) is 0 Å². The van der Waals surface area contributed by atoms with E-state index in [1.807, 2.05) is 54.6 Å². The zero-order valence-corrected chi connectivity index (χ0v) is 26.3. The van der Waals surface area contributed by atoms with Gasteiger partial charge in [0, 0.05) is 13.0 Å². The highest BCUT2D eigenvalue weighted by Gasteiger charge is 2.40. The highest BCUT2D eigenvalue weighted by atomic mass is 16.6. The Labute approximate surface area is 270 Å². The van der Waals surface area contributed by atoms with Gasteiger partial charge in [0.25, 0.3) is 0 Å². The number of carbonyl (C=O) groups is 4. The van der Waals surface area contributed by atoms with Crippen molar-refractivity contribution in [1.82, 2.24) is 15.5 Å². The van der Waals surface area contributed by atoms with Crippen LogP contribution in [0.25, 0.3) is 0 Å². The Morgan fingerprint density at radius 2 is 1.63 bits per heavy atom. The van der Waals surface area contributed by atoms with Crippen molar-refractivity contribution in [3.05, 3.63) is 96.6 Å². The molecule has 2 aliphatic rings. The van der Waals surface area contributed by atoms with E-state index in [-0.39, 0.29) is 56.9 Å². The second kappa shape index (κ2) is 16.7. The van der Waals surface area contributed by atoms with Crippen molar-refractivity contribution in [3.63, 3.8) is 0 Å². The van der Waals surface area contributed by atoms with E-state index in [2.05, 4.69) is 23.8 Å². The second-order valence-electron chi connectivity index (χ2n) is 12.1. The lowest BCUT2D eigenvalue weighted by molar-refractivity contribution is -0.149. The minimum absolute atomic E-state index is 0.0389. The molecule has 0 spiro atoms. The molecule has 0 saturated heterocycles. The minimum Gasteiger partial charge on any atom is -0.462 e. The summed E-state index contributed by atoms with van der Waals surface area (Å²) in [6.45, 7) is 7.67. The molecule has 1 aliphatic heterocycles. The van der Waals surface area contributed by atoms with E-state index in [1.54, 1.807) is 11.0 Å². The number of nitrogens with zero attached hydrogens (tertiary/aromatic N) is 1. The zero-order chi connectivity index (χ0) is 32.9. The van der Waals surface area contributed by atoms with E-state index in [9.17, 15) is 24.3 Å². The van der Waals surface area contributed by atoms with Crippen molar-refractivity contribution in [2.45, 2.75) is 82.1 Å². The van der Waals surface area contributed by atoms with Crippen molar-refractivity contribution in [3.8, 4) is 0 Å². The molecule has 0 unspecified atom stereocenters. The average Bonchev–Trinajstić information content (AvgIpc) is 3.53. The summed E-state index contributed by atoms with van der Waals surface area (Å²) in [5.74, 6) is -1.85. The molecule has 10 nitrogen and oxygen atoms in total. The number of benzene rings is 2. The predicted molar refractivity (Wildman–Crippen MR) is 173 cm³/mol. The highest BCUT2D eigenvalue weighted by molar-refractivity contribution is 5.87. The molecular weight excluding hydrogens is 586 g/mol. The van der Waals surface area contributed by atoms with Crippen LogP contribution < -0.4 is 10.6 Å². The molecule has 10 heteroatoms. The molecule has 0 bridgehead atoms. The van der Waals surface area contributed by atoms with Gasteiger partial charge in [-0.15, -0.1) is 13.2 Å². The van der Waals surface area contributed by atoms with Gasteiger partial charge in [0.05, 0.1) is 24.1 Å². The van der Waals surface area contributed by atoms with E-state index >= 15 is 0 Å². The van der Waals surface area contributed by atoms with Crippen LogP contribution in [-0.2, 0) is 43.4 Å². The third-order valence-electron chi connectivity index (χ3n) is 8.76. The van der Waals surface area contributed by atoms with Crippen LogP contribution in [0.5, 0.6) is 0 Å². The molecular formula is C36H45N3O7. The fraction of sp³-hybridized carbons (Fsp3) is 0.444. The number of allylic oxidation sites excluding steroid dienone is 1. The molecule has 0 radical (unpaired) electrons. The summed E-state index contributed by atoms with van der Waals surface area (Å²) in [5.41, 5.74) is 2.16. The number of fused-ring (bicyclic) bond motifs is 1.